The number of aromatic nitrogens is 2. The minimum Gasteiger partial charge on any atom is -0.493 e. The molecule has 0 aliphatic carbocycles. The average molecular weight is 356 g/mol. The molecule has 3 heterocycles. The van der Waals surface area contributed by atoms with Crippen LogP contribution < -0.4 is 15.4 Å². The Morgan fingerprint density at radius 1 is 1.27 bits per heavy atom. The Labute approximate surface area is 152 Å². The first kappa shape index (κ1) is 17.1. The van der Waals surface area contributed by atoms with Crippen molar-refractivity contribution in [1.29, 1.82) is 0 Å². The highest BCUT2D eigenvalue weighted by Gasteiger charge is 2.21. The van der Waals surface area contributed by atoms with Crippen molar-refractivity contribution in [2.24, 2.45) is 5.92 Å². The number of nitrogens with zero attached hydrogens (tertiary/aromatic N) is 1. The molecule has 0 atom stereocenters. The molecule has 0 unspecified atom stereocenters. The van der Waals surface area contributed by atoms with E-state index >= 15 is 0 Å². The molecule has 3 N–H and O–H groups in total. The summed E-state index contributed by atoms with van der Waals surface area (Å²) in [4.78, 5) is 12.5. The van der Waals surface area contributed by atoms with Gasteiger partial charge in [-0.05, 0) is 43.0 Å². The van der Waals surface area contributed by atoms with Gasteiger partial charge in [0.15, 0.2) is 5.69 Å². The van der Waals surface area contributed by atoms with Gasteiger partial charge in [-0.1, -0.05) is 0 Å². The summed E-state index contributed by atoms with van der Waals surface area (Å²) in [6, 6.07) is 7.48. The minimum absolute atomic E-state index is 0.193. The molecule has 0 radical (unpaired) electrons. The molecule has 1 fully saturated rings. The molecule has 7 heteroatoms. The summed E-state index contributed by atoms with van der Waals surface area (Å²) in [7, 11) is 0. The molecule has 7 nitrogen and oxygen atoms in total. The summed E-state index contributed by atoms with van der Waals surface area (Å²) < 4.78 is 11.2. The summed E-state index contributed by atoms with van der Waals surface area (Å²) in [6.07, 6.45) is 2.97. The number of ether oxygens (including phenoxy) is 2. The van der Waals surface area contributed by atoms with E-state index in [1.807, 2.05) is 24.3 Å². The van der Waals surface area contributed by atoms with Crippen LogP contribution in [-0.4, -0.2) is 42.5 Å². The number of carbonyl (C=O) groups is 1. The van der Waals surface area contributed by atoms with Crippen LogP contribution in [0, 0.1) is 5.92 Å². The molecule has 2 aliphatic heterocycles. The third kappa shape index (κ3) is 3.89. The molecule has 1 aromatic carbocycles. The van der Waals surface area contributed by atoms with Gasteiger partial charge in [0.1, 0.15) is 5.75 Å². The number of nitrogens with one attached hydrogen (secondary N) is 3. The Morgan fingerprint density at radius 3 is 2.88 bits per heavy atom. The van der Waals surface area contributed by atoms with Gasteiger partial charge in [-0.25, -0.2) is 0 Å². The Bertz CT molecular complexity index is 751. The third-order valence-electron chi connectivity index (χ3n) is 4.96. The molecule has 0 spiro atoms. The molecule has 138 valence electrons. The van der Waals surface area contributed by atoms with E-state index in [9.17, 15) is 4.79 Å². The van der Waals surface area contributed by atoms with Crippen molar-refractivity contribution in [3.63, 3.8) is 0 Å². The van der Waals surface area contributed by atoms with Gasteiger partial charge in [0.05, 0.1) is 6.61 Å². The van der Waals surface area contributed by atoms with Crippen LogP contribution in [0.4, 0.5) is 5.69 Å². The molecule has 1 amide bonds. The lowest BCUT2D eigenvalue weighted by molar-refractivity contribution is 0.0497. The molecule has 0 saturated carbocycles. The summed E-state index contributed by atoms with van der Waals surface area (Å²) in [5.41, 5.74) is 3.21. The molecular weight excluding hydrogens is 332 g/mol. The van der Waals surface area contributed by atoms with Crippen molar-refractivity contribution < 1.29 is 14.3 Å². The van der Waals surface area contributed by atoms with Gasteiger partial charge in [0.25, 0.3) is 5.91 Å². The predicted molar refractivity (Wildman–Crippen MR) is 97.4 cm³/mol. The Morgan fingerprint density at radius 2 is 2.08 bits per heavy atom. The van der Waals surface area contributed by atoms with Crippen LogP contribution in [0.5, 0.6) is 5.75 Å². The maximum Gasteiger partial charge on any atom is 0.276 e. The highest BCUT2D eigenvalue weighted by molar-refractivity contribution is 6.04. The maximum absolute atomic E-state index is 12.5. The van der Waals surface area contributed by atoms with Gasteiger partial charge in [-0.15, -0.1) is 0 Å². The van der Waals surface area contributed by atoms with Crippen LogP contribution in [0.1, 0.15) is 34.6 Å². The number of fused-ring (bicyclic) bond motifs is 1. The lowest BCUT2D eigenvalue weighted by Gasteiger charge is -2.22. The maximum atomic E-state index is 12.5. The van der Waals surface area contributed by atoms with Crippen LogP contribution >= 0.6 is 0 Å². The quantitative estimate of drug-likeness (QED) is 0.764. The van der Waals surface area contributed by atoms with Crippen LogP contribution in [-0.2, 0) is 17.7 Å². The second kappa shape index (κ2) is 7.88. The number of benzene rings is 1. The van der Waals surface area contributed by atoms with Gasteiger partial charge in [-0.3, -0.25) is 9.89 Å². The van der Waals surface area contributed by atoms with E-state index in [2.05, 4.69) is 20.8 Å². The first-order chi connectivity index (χ1) is 12.8. The van der Waals surface area contributed by atoms with Crippen molar-refractivity contribution in [2.75, 3.05) is 31.7 Å². The molecule has 1 saturated heterocycles. The molecular formula is C19H24N4O3. The second-order valence-corrected chi connectivity index (χ2v) is 6.80. The molecule has 26 heavy (non-hydrogen) atoms. The molecule has 0 bridgehead atoms. The van der Waals surface area contributed by atoms with Crippen LogP contribution in [0.15, 0.2) is 24.3 Å². The first-order valence-corrected chi connectivity index (χ1v) is 9.18. The molecule has 2 aromatic rings. The van der Waals surface area contributed by atoms with Gasteiger partial charge >= 0.3 is 0 Å². The number of aromatic amines is 1. The van der Waals surface area contributed by atoms with Crippen molar-refractivity contribution in [3.05, 3.63) is 41.2 Å². The van der Waals surface area contributed by atoms with E-state index in [1.165, 1.54) is 0 Å². The van der Waals surface area contributed by atoms with Crippen molar-refractivity contribution in [1.82, 2.24) is 15.5 Å². The first-order valence-electron chi connectivity index (χ1n) is 9.18. The number of H-pyrrole nitrogens is 1. The number of carbonyl (C=O) groups excluding carboxylic acids is 1. The van der Waals surface area contributed by atoms with Crippen molar-refractivity contribution >= 4 is 11.6 Å². The lowest BCUT2D eigenvalue weighted by Crippen LogP contribution is -2.25. The van der Waals surface area contributed by atoms with Gasteiger partial charge in [0.2, 0.25) is 0 Å². The fourth-order valence-electron chi connectivity index (χ4n) is 3.36. The zero-order chi connectivity index (χ0) is 17.8. The van der Waals surface area contributed by atoms with E-state index in [-0.39, 0.29) is 5.91 Å². The van der Waals surface area contributed by atoms with Gasteiger partial charge < -0.3 is 20.1 Å². The normalized spacial score (nSPS) is 17.5. The van der Waals surface area contributed by atoms with Crippen LogP contribution in [0.2, 0.25) is 0 Å². The second-order valence-electron chi connectivity index (χ2n) is 6.80. The van der Waals surface area contributed by atoms with Crippen molar-refractivity contribution in [3.8, 4) is 5.75 Å². The molecule has 2 aliphatic rings. The number of hydrogen-bond donors (Lipinski definition) is 3. The summed E-state index contributed by atoms with van der Waals surface area (Å²) in [6.45, 7) is 3.94. The Kier molecular flexibility index (Phi) is 5.17. The van der Waals surface area contributed by atoms with Crippen LogP contribution in [0.25, 0.3) is 0 Å². The van der Waals surface area contributed by atoms with Crippen molar-refractivity contribution in [2.45, 2.75) is 25.8 Å². The SMILES string of the molecule is O=C(Nc1ccc(OCC2CCOCC2)cc1)c1n[nH]c2c1CNCC2. The number of amides is 1. The fraction of sp³-hybridized carbons (Fsp3) is 0.474. The van der Waals surface area contributed by atoms with Gasteiger partial charge in [-0.2, -0.15) is 5.10 Å². The molecule has 4 rings (SSSR count). The van der Waals surface area contributed by atoms with E-state index in [1.54, 1.807) is 0 Å². The number of anilines is 1. The summed E-state index contributed by atoms with van der Waals surface area (Å²) in [5, 5.41) is 13.3. The lowest BCUT2D eigenvalue weighted by atomic mass is 10.0. The minimum atomic E-state index is -0.193. The summed E-state index contributed by atoms with van der Waals surface area (Å²) in [5.74, 6) is 1.18. The van der Waals surface area contributed by atoms with E-state index in [0.29, 0.717) is 24.8 Å². The predicted octanol–water partition coefficient (Wildman–Crippen LogP) is 2.11. The van der Waals surface area contributed by atoms with E-state index in [4.69, 9.17) is 9.47 Å². The van der Waals surface area contributed by atoms with E-state index in [0.717, 1.165) is 61.7 Å². The van der Waals surface area contributed by atoms with Gasteiger partial charge in [0, 0.05) is 49.7 Å². The molecule has 1 aromatic heterocycles. The average Bonchev–Trinajstić information content (AvgIpc) is 3.12. The fourth-order valence-corrected chi connectivity index (χ4v) is 3.36. The smallest absolute Gasteiger partial charge is 0.276 e. The number of rotatable bonds is 5. The zero-order valence-corrected chi connectivity index (χ0v) is 14.7. The highest BCUT2D eigenvalue weighted by atomic mass is 16.5. The van der Waals surface area contributed by atoms with Crippen LogP contribution in [0.3, 0.4) is 0 Å². The Hall–Kier alpha value is -2.38. The number of hydrogen-bond acceptors (Lipinski definition) is 5. The highest BCUT2D eigenvalue weighted by Crippen LogP contribution is 2.21. The third-order valence-corrected chi connectivity index (χ3v) is 4.96. The van der Waals surface area contributed by atoms with E-state index < -0.39 is 0 Å². The topological polar surface area (TPSA) is 88.3 Å². The monoisotopic (exact) mass is 356 g/mol. The summed E-state index contributed by atoms with van der Waals surface area (Å²) >= 11 is 0. The largest absolute Gasteiger partial charge is 0.493 e. The Balaban J connectivity index is 1.33. The zero-order valence-electron chi connectivity index (χ0n) is 14.7. The standard InChI is InChI=1S/C19H24N4O3/c24-19(18-16-11-20-8-5-17(16)22-23-18)21-14-1-3-15(4-2-14)26-12-13-6-9-25-10-7-13/h1-4,13,20H,5-12H2,(H,21,24)(H,22,23).